The summed E-state index contributed by atoms with van der Waals surface area (Å²) in [4.78, 5) is 0. The molecule has 0 N–H and O–H groups in total. The second-order valence-electron chi connectivity index (χ2n) is 12.4. The minimum atomic E-state index is -1.94. The average Bonchev–Trinajstić information content (AvgIpc) is 2.80. The molecule has 34 heavy (non-hydrogen) atoms. The van der Waals surface area contributed by atoms with Crippen molar-refractivity contribution < 1.29 is 4.74 Å². The summed E-state index contributed by atoms with van der Waals surface area (Å²) in [7, 11) is -1.94. The first kappa shape index (κ1) is 25.8. The normalized spacial score (nSPS) is 19.4. The Hall–Kier alpha value is -1.33. The van der Waals surface area contributed by atoms with Gasteiger partial charge in [0.15, 0.2) is 0 Å². The quantitative estimate of drug-likeness (QED) is 0.374. The van der Waals surface area contributed by atoms with E-state index in [4.69, 9.17) is 4.74 Å². The van der Waals surface area contributed by atoms with Gasteiger partial charge >= 0.3 is 211 Å². The summed E-state index contributed by atoms with van der Waals surface area (Å²) in [5.74, 6) is 1.06. The van der Waals surface area contributed by atoms with Crippen molar-refractivity contribution in [1.29, 1.82) is 0 Å². The van der Waals surface area contributed by atoms with Crippen molar-refractivity contribution in [3.8, 4) is 16.9 Å². The van der Waals surface area contributed by atoms with Gasteiger partial charge in [-0.1, -0.05) is 0 Å². The van der Waals surface area contributed by atoms with Crippen molar-refractivity contribution in [2.24, 2.45) is 0 Å². The summed E-state index contributed by atoms with van der Waals surface area (Å²) in [5.41, 5.74) is 5.95. The Morgan fingerprint density at radius 1 is 0.765 bits per heavy atom. The van der Waals surface area contributed by atoms with Crippen LogP contribution in [0.5, 0.6) is 5.75 Å². The molecule has 2 aromatic rings. The van der Waals surface area contributed by atoms with E-state index in [0.717, 1.165) is 17.1 Å². The van der Waals surface area contributed by atoms with Gasteiger partial charge in [-0.05, 0) is 0 Å². The standard InChI is InChI=1S/C32H49OP/c1-24(2)33-29-22-15-16-25(3)31(29)28-21-13-14-23-30(28)34(32(4,5)6,26-17-9-7-10-18-26)27-19-11-8-12-20-27/h13-16,21-24,26-27,34H,7-12,17-20H2,1-6H3. The molecule has 0 radical (unpaired) electrons. The number of ether oxygens (including phenoxy) is 1. The van der Waals surface area contributed by atoms with E-state index in [-0.39, 0.29) is 6.10 Å². The fourth-order valence-corrected chi connectivity index (χ4v) is 16.4. The molecule has 0 aromatic heterocycles. The van der Waals surface area contributed by atoms with Gasteiger partial charge in [0.1, 0.15) is 0 Å². The van der Waals surface area contributed by atoms with Crippen LogP contribution in [0, 0.1) is 6.92 Å². The molecular weight excluding hydrogens is 431 g/mol. The second kappa shape index (κ2) is 10.7. The van der Waals surface area contributed by atoms with Crippen LogP contribution in [0.3, 0.4) is 0 Å². The van der Waals surface area contributed by atoms with Crippen LogP contribution in [-0.2, 0) is 0 Å². The topological polar surface area (TPSA) is 9.23 Å². The van der Waals surface area contributed by atoms with Crippen LogP contribution in [0.25, 0.3) is 11.1 Å². The Morgan fingerprint density at radius 2 is 1.32 bits per heavy atom. The number of benzene rings is 2. The monoisotopic (exact) mass is 480 g/mol. The molecule has 0 unspecified atom stereocenters. The Morgan fingerprint density at radius 3 is 1.85 bits per heavy atom. The van der Waals surface area contributed by atoms with E-state index in [1.165, 1.54) is 80.9 Å². The van der Waals surface area contributed by atoms with Crippen molar-refractivity contribution in [2.45, 2.75) is 128 Å². The third-order valence-corrected chi connectivity index (χ3v) is 16.5. The van der Waals surface area contributed by atoms with Crippen LogP contribution in [0.2, 0.25) is 0 Å². The number of hydrogen-bond acceptors (Lipinski definition) is 1. The molecule has 0 bridgehead atoms. The number of rotatable bonds is 6. The summed E-state index contributed by atoms with van der Waals surface area (Å²) in [6.07, 6.45) is 14.5. The summed E-state index contributed by atoms with van der Waals surface area (Å²) in [6.45, 7) is 14.4. The molecule has 2 aromatic carbocycles. The van der Waals surface area contributed by atoms with Gasteiger partial charge in [-0.25, -0.2) is 0 Å². The molecule has 0 aliphatic heterocycles. The molecule has 0 heterocycles. The fourth-order valence-electron chi connectivity index (χ4n) is 7.92. The fraction of sp³-hybridized carbons (Fsp3) is 0.625. The van der Waals surface area contributed by atoms with E-state index < -0.39 is 7.26 Å². The van der Waals surface area contributed by atoms with Crippen molar-refractivity contribution in [1.82, 2.24) is 0 Å². The molecule has 0 saturated heterocycles. The molecule has 0 amide bonds. The van der Waals surface area contributed by atoms with Gasteiger partial charge < -0.3 is 0 Å². The van der Waals surface area contributed by atoms with E-state index in [0.29, 0.717) is 5.16 Å². The van der Waals surface area contributed by atoms with Crippen LogP contribution in [0.1, 0.15) is 104 Å². The van der Waals surface area contributed by atoms with Crippen molar-refractivity contribution in [3.05, 3.63) is 48.0 Å². The summed E-state index contributed by atoms with van der Waals surface area (Å²) in [6, 6.07) is 16.3. The minimum absolute atomic E-state index is 0.175. The SMILES string of the molecule is Cc1cccc(OC(C)C)c1-c1ccccc1[PH](C1CCCCC1)(C1CCCCC1)C(C)(C)C. The van der Waals surface area contributed by atoms with Gasteiger partial charge in [0, 0.05) is 0 Å². The summed E-state index contributed by atoms with van der Waals surface area (Å²) in [5, 5.41) is 2.07. The second-order valence-corrected chi connectivity index (χ2v) is 17.9. The summed E-state index contributed by atoms with van der Waals surface area (Å²) < 4.78 is 6.44. The Bertz CT molecular complexity index is 924. The van der Waals surface area contributed by atoms with Crippen molar-refractivity contribution in [2.75, 3.05) is 0 Å². The first-order valence-electron chi connectivity index (χ1n) is 14.1. The number of hydrogen-bond donors (Lipinski definition) is 0. The molecule has 2 aliphatic carbocycles. The van der Waals surface area contributed by atoms with E-state index in [1.807, 2.05) is 0 Å². The zero-order valence-electron chi connectivity index (χ0n) is 22.8. The van der Waals surface area contributed by atoms with Gasteiger partial charge in [0.05, 0.1) is 0 Å². The molecule has 0 spiro atoms. The maximum absolute atomic E-state index is 6.44. The van der Waals surface area contributed by atoms with Crippen LogP contribution in [0.15, 0.2) is 42.5 Å². The van der Waals surface area contributed by atoms with Gasteiger partial charge in [-0.3, -0.25) is 0 Å². The zero-order chi connectivity index (χ0) is 24.3. The van der Waals surface area contributed by atoms with E-state index >= 15 is 0 Å². The van der Waals surface area contributed by atoms with E-state index in [2.05, 4.69) is 84.0 Å². The molecule has 0 atom stereocenters. The van der Waals surface area contributed by atoms with Crippen molar-refractivity contribution >= 4 is 12.6 Å². The van der Waals surface area contributed by atoms with Gasteiger partial charge in [0.25, 0.3) is 0 Å². The zero-order valence-corrected chi connectivity index (χ0v) is 23.8. The van der Waals surface area contributed by atoms with Gasteiger partial charge in [-0.15, -0.1) is 0 Å². The molecule has 1 nitrogen and oxygen atoms in total. The Labute approximate surface area is 210 Å². The summed E-state index contributed by atoms with van der Waals surface area (Å²) >= 11 is 0. The molecular formula is C32H49OP. The molecule has 2 fully saturated rings. The molecule has 188 valence electrons. The predicted molar refractivity (Wildman–Crippen MR) is 154 cm³/mol. The third-order valence-electron chi connectivity index (χ3n) is 8.98. The van der Waals surface area contributed by atoms with Crippen molar-refractivity contribution in [3.63, 3.8) is 0 Å². The van der Waals surface area contributed by atoms with Crippen LogP contribution in [-0.4, -0.2) is 22.6 Å². The van der Waals surface area contributed by atoms with Gasteiger partial charge in [0.2, 0.25) is 0 Å². The maximum atomic E-state index is 6.44. The van der Waals surface area contributed by atoms with E-state index in [9.17, 15) is 0 Å². The average molecular weight is 481 g/mol. The first-order valence-corrected chi connectivity index (χ1v) is 16.3. The first-order chi connectivity index (χ1) is 16.3. The third kappa shape index (κ3) is 4.84. The predicted octanol–water partition coefficient (Wildman–Crippen LogP) is 9.29. The molecule has 4 rings (SSSR count). The number of aryl methyl sites for hydroxylation is 1. The Balaban J connectivity index is 2.00. The molecule has 2 heteroatoms. The van der Waals surface area contributed by atoms with Crippen LogP contribution in [0.4, 0.5) is 0 Å². The van der Waals surface area contributed by atoms with Crippen LogP contribution >= 0.6 is 7.26 Å². The Kier molecular flexibility index (Phi) is 8.13. The molecule has 2 aliphatic rings. The van der Waals surface area contributed by atoms with Gasteiger partial charge in [-0.2, -0.15) is 0 Å². The van der Waals surface area contributed by atoms with Crippen LogP contribution < -0.4 is 10.0 Å². The van der Waals surface area contributed by atoms with E-state index in [1.54, 1.807) is 5.30 Å². The molecule has 2 saturated carbocycles.